The quantitative estimate of drug-likeness (QED) is 0.365. The predicted octanol–water partition coefficient (Wildman–Crippen LogP) is 6.17. The summed E-state index contributed by atoms with van der Waals surface area (Å²) in [5, 5.41) is 10.9. The first-order valence-corrected chi connectivity index (χ1v) is 11.7. The second-order valence-electron chi connectivity index (χ2n) is 7.51. The maximum Gasteiger partial charge on any atom is 0.0406 e. The first-order chi connectivity index (χ1) is 15.5. The molecule has 0 radical (unpaired) electrons. The Morgan fingerprint density at radius 1 is 0.656 bits per heavy atom. The zero-order chi connectivity index (χ0) is 23.6. The van der Waals surface area contributed by atoms with Crippen LogP contribution in [0, 0.1) is 0 Å². The molecule has 0 bridgehead atoms. The molecule has 0 saturated carbocycles. The third kappa shape index (κ3) is 12.8. The van der Waals surface area contributed by atoms with Gasteiger partial charge >= 0.3 is 0 Å². The maximum absolute atomic E-state index is 5.73. The molecule has 0 aromatic heterocycles. The van der Waals surface area contributed by atoms with E-state index in [9.17, 15) is 0 Å². The van der Waals surface area contributed by atoms with E-state index in [2.05, 4.69) is 65.3 Å². The van der Waals surface area contributed by atoms with Crippen LogP contribution in [0.25, 0.3) is 0 Å². The van der Waals surface area contributed by atoms with Crippen LogP contribution < -0.4 is 16.0 Å². The molecule has 0 spiro atoms. The van der Waals surface area contributed by atoms with Crippen LogP contribution in [0.15, 0.2) is 78.9 Å². The molecule has 5 heteroatoms. The van der Waals surface area contributed by atoms with E-state index in [0.29, 0.717) is 5.92 Å². The molecule has 0 aliphatic rings. The standard InChI is InChI=1S/C10H15N.C9H12ClN.C8H10ClN/c1-9(8-11-2)10-6-4-3-5-7-10;1-11-7-6-8-2-4-9(10)5-3-8;1-10-6-7-2-4-8(9)5-3-7/h3-7,9,11H,8H2,1-2H3;2-5,11H,6-7H2,1H3;2-5,10H,6H2,1H3. The minimum Gasteiger partial charge on any atom is -0.319 e. The normalized spacial score (nSPS) is 10.9. The van der Waals surface area contributed by atoms with E-state index in [0.717, 1.165) is 36.1 Å². The Hall–Kier alpha value is -1.88. The second-order valence-corrected chi connectivity index (χ2v) is 8.38. The van der Waals surface area contributed by atoms with Gasteiger partial charge in [-0.15, -0.1) is 0 Å². The Morgan fingerprint density at radius 3 is 1.66 bits per heavy atom. The molecule has 3 rings (SSSR count). The van der Waals surface area contributed by atoms with Gasteiger partial charge in [0.2, 0.25) is 0 Å². The van der Waals surface area contributed by atoms with Crippen molar-refractivity contribution >= 4 is 23.2 Å². The van der Waals surface area contributed by atoms with Crippen molar-refractivity contribution in [2.75, 3.05) is 34.2 Å². The molecule has 0 amide bonds. The van der Waals surface area contributed by atoms with Crippen molar-refractivity contribution in [1.29, 1.82) is 0 Å². The van der Waals surface area contributed by atoms with Crippen LogP contribution in [-0.4, -0.2) is 34.2 Å². The summed E-state index contributed by atoms with van der Waals surface area (Å²) in [6.07, 6.45) is 1.06. The van der Waals surface area contributed by atoms with Crippen LogP contribution in [-0.2, 0) is 13.0 Å². The van der Waals surface area contributed by atoms with Gasteiger partial charge in [-0.1, -0.05) is 84.7 Å². The highest BCUT2D eigenvalue weighted by atomic mass is 35.5. The van der Waals surface area contributed by atoms with Gasteiger partial charge in [-0.2, -0.15) is 0 Å². The lowest BCUT2D eigenvalue weighted by Gasteiger charge is -2.09. The fraction of sp³-hybridized carbons (Fsp3) is 0.333. The zero-order valence-electron chi connectivity index (χ0n) is 19.7. The number of halogens is 2. The number of rotatable bonds is 8. The topological polar surface area (TPSA) is 36.1 Å². The predicted molar refractivity (Wildman–Crippen MR) is 142 cm³/mol. The number of hydrogen-bond acceptors (Lipinski definition) is 3. The lowest BCUT2D eigenvalue weighted by atomic mass is 10.0. The van der Waals surface area contributed by atoms with Crippen molar-refractivity contribution < 1.29 is 0 Å². The van der Waals surface area contributed by atoms with Gasteiger partial charge in [0.15, 0.2) is 0 Å². The third-order valence-corrected chi connectivity index (χ3v) is 5.25. The van der Waals surface area contributed by atoms with Gasteiger partial charge in [-0.25, -0.2) is 0 Å². The summed E-state index contributed by atoms with van der Waals surface area (Å²) in [6.45, 7) is 5.19. The van der Waals surface area contributed by atoms with Gasteiger partial charge in [0.05, 0.1) is 0 Å². The van der Waals surface area contributed by atoms with Gasteiger partial charge in [-0.3, -0.25) is 0 Å². The fourth-order valence-corrected chi connectivity index (χ4v) is 3.18. The molecular weight excluding hydrogens is 437 g/mol. The Labute approximate surface area is 204 Å². The summed E-state index contributed by atoms with van der Waals surface area (Å²) < 4.78 is 0. The van der Waals surface area contributed by atoms with E-state index >= 15 is 0 Å². The van der Waals surface area contributed by atoms with E-state index in [1.54, 1.807) is 0 Å². The average Bonchev–Trinajstić information content (AvgIpc) is 2.82. The summed E-state index contributed by atoms with van der Waals surface area (Å²) in [4.78, 5) is 0. The van der Waals surface area contributed by atoms with Gasteiger partial charge in [0, 0.05) is 23.1 Å². The minimum absolute atomic E-state index is 0.612. The lowest BCUT2D eigenvalue weighted by Crippen LogP contribution is -2.14. The van der Waals surface area contributed by atoms with Gasteiger partial charge in [0.1, 0.15) is 0 Å². The van der Waals surface area contributed by atoms with Crippen molar-refractivity contribution in [3.63, 3.8) is 0 Å². The first-order valence-electron chi connectivity index (χ1n) is 11.0. The van der Waals surface area contributed by atoms with Crippen LogP contribution in [0.2, 0.25) is 10.0 Å². The maximum atomic E-state index is 5.73. The third-order valence-electron chi connectivity index (χ3n) is 4.75. The summed E-state index contributed by atoms with van der Waals surface area (Å²) >= 11 is 11.4. The molecule has 3 nitrogen and oxygen atoms in total. The van der Waals surface area contributed by atoms with Crippen LogP contribution >= 0.6 is 23.2 Å². The Kier molecular flexibility index (Phi) is 15.5. The molecule has 0 saturated heterocycles. The molecular formula is C27H37Cl2N3. The highest BCUT2D eigenvalue weighted by molar-refractivity contribution is 6.30. The fourth-order valence-electron chi connectivity index (χ4n) is 2.93. The minimum atomic E-state index is 0.612. The molecule has 3 aromatic carbocycles. The molecule has 174 valence electrons. The van der Waals surface area contributed by atoms with Crippen molar-refractivity contribution in [3.05, 3.63) is 106 Å². The van der Waals surface area contributed by atoms with Crippen LogP contribution in [0.4, 0.5) is 0 Å². The molecule has 3 aromatic rings. The molecule has 0 aliphatic heterocycles. The van der Waals surface area contributed by atoms with E-state index in [1.165, 1.54) is 16.7 Å². The van der Waals surface area contributed by atoms with Crippen molar-refractivity contribution in [1.82, 2.24) is 16.0 Å². The second kappa shape index (κ2) is 17.6. The van der Waals surface area contributed by atoms with E-state index in [4.69, 9.17) is 23.2 Å². The van der Waals surface area contributed by atoms with Crippen molar-refractivity contribution in [2.24, 2.45) is 0 Å². The largest absolute Gasteiger partial charge is 0.319 e. The van der Waals surface area contributed by atoms with E-state index in [1.807, 2.05) is 57.5 Å². The highest BCUT2D eigenvalue weighted by Crippen LogP contribution is 2.12. The van der Waals surface area contributed by atoms with Gasteiger partial charge < -0.3 is 16.0 Å². The van der Waals surface area contributed by atoms with Crippen LogP contribution in [0.5, 0.6) is 0 Å². The molecule has 0 aliphatic carbocycles. The molecule has 1 atom stereocenters. The Morgan fingerprint density at radius 2 is 1.19 bits per heavy atom. The van der Waals surface area contributed by atoms with E-state index in [-0.39, 0.29) is 0 Å². The number of benzene rings is 3. The monoisotopic (exact) mass is 473 g/mol. The lowest BCUT2D eigenvalue weighted by molar-refractivity contribution is 0.678. The summed E-state index contributed by atoms with van der Waals surface area (Å²) in [7, 11) is 5.87. The SMILES string of the molecule is CNCC(C)c1ccccc1.CNCCc1ccc(Cl)cc1.CNCc1ccc(Cl)cc1. The number of likely N-dealkylation sites (N-methyl/N-ethyl adjacent to an activating group) is 2. The Bertz CT molecular complexity index is 822. The first kappa shape index (κ1) is 28.2. The van der Waals surface area contributed by atoms with Crippen LogP contribution in [0.1, 0.15) is 29.5 Å². The van der Waals surface area contributed by atoms with Gasteiger partial charge in [0.25, 0.3) is 0 Å². The Balaban J connectivity index is 0.000000240. The molecule has 3 N–H and O–H groups in total. The van der Waals surface area contributed by atoms with Crippen molar-refractivity contribution in [2.45, 2.75) is 25.8 Å². The van der Waals surface area contributed by atoms with Gasteiger partial charge in [-0.05, 0) is 81.0 Å². The smallest absolute Gasteiger partial charge is 0.0406 e. The highest BCUT2D eigenvalue weighted by Gasteiger charge is 2.01. The number of hydrogen-bond donors (Lipinski definition) is 3. The molecule has 1 unspecified atom stereocenters. The average molecular weight is 475 g/mol. The van der Waals surface area contributed by atoms with E-state index < -0.39 is 0 Å². The zero-order valence-corrected chi connectivity index (χ0v) is 21.2. The molecule has 0 fully saturated rings. The summed E-state index contributed by atoms with van der Waals surface area (Å²) in [6, 6.07) is 26.3. The molecule has 32 heavy (non-hydrogen) atoms. The van der Waals surface area contributed by atoms with Crippen molar-refractivity contribution in [3.8, 4) is 0 Å². The summed E-state index contributed by atoms with van der Waals surface area (Å²) in [5.74, 6) is 0.612. The van der Waals surface area contributed by atoms with Crippen LogP contribution in [0.3, 0.4) is 0 Å². The molecule has 0 heterocycles. The number of nitrogens with one attached hydrogen (secondary N) is 3. The summed E-state index contributed by atoms with van der Waals surface area (Å²) in [5.41, 5.74) is 3.98.